The zero-order chi connectivity index (χ0) is 12.8. The number of rotatable bonds is 1. The first-order valence-electron chi connectivity index (χ1n) is 5.95. The number of anilines is 1. The summed E-state index contributed by atoms with van der Waals surface area (Å²) in [5, 5.41) is 0. The number of hydrogen-bond donors (Lipinski definition) is 0. The van der Waals surface area contributed by atoms with E-state index in [2.05, 4.69) is 55.8 Å². The maximum atomic E-state index is 12.2. The van der Waals surface area contributed by atoms with Crippen LogP contribution in [0.3, 0.4) is 0 Å². The molecule has 1 aromatic carbocycles. The van der Waals surface area contributed by atoms with Gasteiger partial charge in [-0.3, -0.25) is 4.79 Å². The summed E-state index contributed by atoms with van der Waals surface area (Å²) in [7, 11) is 0. The van der Waals surface area contributed by atoms with Gasteiger partial charge in [0.1, 0.15) is 0 Å². The number of amides is 1. The van der Waals surface area contributed by atoms with E-state index < -0.39 is 0 Å². The molecule has 0 aromatic heterocycles. The quantitative estimate of drug-likeness (QED) is 0.770. The average Bonchev–Trinajstić information content (AvgIpc) is 2.14. The number of carbonyl (C=O) groups excluding carboxylic acids is 1. The molecule has 2 rings (SSSR count). The Hall–Kier alpha value is -0.830. The lowest BCUT2D eigenvalue weighted by molar-refractivity contribution is -0.120. The normalized spacial score (nSPS) is 18.5. The fourth-order valence-electron chi connectivity index (χ4n) is 2.54. The average molecular weight is 296 g/mol. The van der Waals surface area contributed by atoms with E-state index >= 15 is 0 Å². The highest BCUT2D eigenvalue weighted by Crippen LogP contribution is 2.42. The second kappa shape index (κ2) is 4.13. The molecular weight excluding hydrogens is 278 g/mol. The van der Waals surface area contributed by atoms with E-state index in [4.69, 9.17) is 0 Å². The minimum atomic E-state index is -0.0709. The van der Waals surface area contributed by atoms with E-state index in [1.807, 2.05) is 11.0 Å². The Morgan fingerprint density at radius 2 is 2.00 bits per heavy atom. The molecule has 0 saturated heterocycles. The molecule has 0 fully saturated rings. The monoisotopic (exact) mass is 295 g/mol. The maximum Gasteiger partial charge on any atom is 0.228 e. The third kappa shape index (κ3) is 2.13. The van der Waals surface area contributed by atoms with Crippen molar-refractivity contribution in [1.29, 1.82) is 0 Å². The molecule has 0 bridgehead atoms. The molecule has 92 valence electrons. The van der Waals surface area contributed by atoms with E-state index in [1.165, 1.54) is 5.56 Å². The van der Waals surface area contributed by atoms with Gasteiger partial charge in [0.05, 0.1) is 0 Å². The van der Waals surface area contributed by atoms with Crippen molar-refractivity contribution in [2.75, 3.05) is 4.90 Å². The largest absolute Gasteiger partial charge is 0.310 e. The Bertz CT molecular complexity index is 465. The summed E-state index contributed by atoms with van der Waals surface area (Å²) in [5.74, 6) is 0.218. The number of halogens is 1. The molecule has 0 aliphatic carbocycles. The third-order valence-electron chi connectivity index (χ3n) is 3.33. The van der Waals surface area contributed by atoms with Crippen LogP contribution in [0.25, 0.3) is 0 Å². The number of hydrogen-bond acceptors (Lipinski definition) is 1. The first kappa shape index (κ1) is 12.6. The van der Waals surface area contributed by atoms with Crippen LogP contribution in [-0.4, -0.2) is 11.9 Å². The van der Waals surface area contributed by atoms with Crippen molar-refractivity contribution in [3.05, 3.63) is 28.2 Å². The van der Waals surface area contributed by atoms with Gasteiger partial charge in [0.2, 0.25) is 5.91 Å². The van der Waals surface area contributed by atoms with Crippen molar-refractivity contribution in [2.24, 2.45) is 0 Å². The zero-order valence-corrected chi connectivity index (χ0v) is 12.3. The molecule has 1 aliphatic heterocycles. The van der Waals surface area contributed by atoms with Gasteiger partial charge >= 0.3 is 0 Å². The van der Waals surface area contributed by atoms with Gasteiger partial charge in [0.25, 0.3) is 0 Å². The first-order valence-corrected chi connectivity index (χ1v) is 6.74. The molecule has 3 heteroatoms. The van der Waals surface area contributed by atoms with E-state index in [9.17, 15) is 4.79 Å². The van der Waals surface area contributed by atoms with Crippen molar-refractivity contribution >= 4 is 27.5 Å². The predicted molar refractivity (Wildman–Crippen MR) is 74.4 cm³/mol. The van der Waals surface area contributed by atoms with Crippen LogP contribution >= 0.6 is 15.9 Å². The lowest BCUT2D eigenvalue weighted by Crippen LogP contribution is -2.45. The minimum absolute atomic E-state index is 0.0709. The van der Waals surface area contributed by atoms with Crippen molar-refractivity contribution in [3.63, 3.8) is 0 Å². The van der Waals surface area contributed by atoms with Crippen molar-refractivity contribution in [2.45, 2.75) is 45.6 Å². The Labute approximate surface area is 111 Å². The highest BCUT2D eigenvalue weighted by Gasteiger charge is 2.37. The van der Waals surface area contributed by atoms with Gasteiger partial charge < -0.3 is 4.90 Å². The van der Waals surface area contributed by atoms with Crippen LogP contribution in [0.5, 0.6) is 0 Å². The van der Waals surface area contributed by atoms with Gasteiger partial charge in [-0.15, -0.1) is 0 Å². The molecule has 1 aromatic rings. The van der Waals surface area contributed by atoms with Crippen LogP contribution < -0.4 is 4.90 Å². The van der Waals surface area contributed by atoms with Crippen LogP contribution in [0.2, 0.25) is 0 Å². The Kier molecular flexibility index (Phi) is 3.06. The van der Waals surface area contributed by atoms with Gasteiger partial charge in [-0.1, -0.05) is 35.8 Å². The Morgan fingerprint density at radius 3 is 2.59 bits per heavy atom. The van der Waals surface area contributed by atoms with Gasteiger partial charge in [-0.2, -0.15) is 0 Å². The van der Waals surface area contributed by atoms with Crippen molar-refractivity contribution < 1.29 is 4.79 Å². The standard InChI is InChI=1S/C14H18BrNO/c1-9(2)16-12-7-10(15)5-6-11(12)14(3,4)8-13(16)17/h5-7,9H,8H2,1-4H3. The molecule has 2 nitrogen and oxygen atoms in total. The molecule has 0 N–H and O–H groups in total. The van der Waals surface area contributed by atoms with Gasteiger partial charge in [0, 0.05) is 28.0 Å². The summed E-state index contributed by atoms with van der Waals surface area (Å²) in [6.45, 7) is 8.38. The molecule has 0 atom stereocenters. The minimum Gasteiger partial charge on any atom is -0.310 e. The van der Waals surface area contributed by atoms with Crippen LogP contribution in [0.4, 0.5) is 5.69 Å². The smallest absolute Gasteiger partial charge is 0.228 e. The molecule has 0 saturated carbocycles. The van der Waals surface area contributed by atoms with Crippen LogP contribution in [0.1, 0.15) is 39.7 Å². The molecule has 0 radical (unpaired) electrons. The van der Waals surface area contributed by atoms with Crippen LogP contribution in [0.15, 0.2) is 22.7 Å². The molecule has 17 heavy (non-hydrogen) atoms. The van der Waals surface area contributed by atoms with Gasteiger partial charge in [-0.05, 0) is 31.5 Å². The van der Waals surface area contributed by atoms with Gasteiger partial charge in [-0.25, -0.2) is 0 Å². The third-order valence-corrected chi connectivity index (χ3v) is 3.82. The summed E-state index contributed by atoms with van der Waals surface area (Å²) in [6, 6.07) is 6.43. The van der Waals surface area contributed by atoms with E-state index in [1.54, 1.807) is 0 Å². The van der Waals surface area contributed by atoms with E-state index in [0.717, 1.165) is 10.2 Å². The fraction of sp³-hybridized carbons (Fsp3) is 0.500. The lowest BCUT2D eigenvalue weighted by atomic mass is 9.77. The molecule has 1 heterocycles. The summed E-state index contributed by atoms with van der Waals surface area (Å²) in [5.41, 5.74) is 2.24. The second-order valence-electron chi connectivity index (χ2n) is 5.58. The first-order chi connectivity index (χ1) is 7.83. The van der Waals surface area contributed by atoms with Crippen molar-refractivity contribution in [1.82, 2.24) is 0 Å². The van der Waals surface area contributed by atoms with Crippen molar-refractivity contribution in [3.8, 4) is 0 Å². The SMILES string of the molecule is CC(C)N1C(=O)CC(C)(C)c2ccc(Br)cc21. The van der Waals surface area contributed by atoms with Crippen LogP contribution in [0, 0.1) is 0 Å². The summed E-state index contributed by atoms with van der Waals surface area (Å²) >= 11 is 3.49. The highest BCUT2D eigenvalue weighted by atomic mass is 79.9. The number of fused-ring (bicyclic) bond motifs is 1. The van der Waals surface area contributed by atoms with Crippen LogP contribution in [-0.2, 0) is 10.2 Å². The topological polar surface area (TPSA) is 20.3 Å². The predicted octanol–water partition coefficient (Wildman–Crippen LogP) is 3.87. The second-order valence-corrected chi connectivity index (χ2v) is 6.50. The number of nitrogens with zero attached hydrogens (tertiary/aromatic N) is 1. The lowest BCUT2D eigenvalue weighted by Gasteiger charge is -2.40. The number of benzene rings is 1. The summed E-state index contributed by atoms with van der Waals surface area (Å²) < 4.78 is 1.02. The summed E-state index contributed by atoms with van der Waals surface area (Å²) in [6.07, 6.45) is 0.583. The highest BCUT2D eigenvalue weighted by molar-refractivity contribution is 9.10. The van der Waals surface area contributed by atoms with E-state index in [0.29, 0.717) is 6.42 Å². The maximum absolute atomic E-state index is 12.2. The van der Waals surface area contributed by atoms with Gasteiger partial charge in [0.15, 0.2) is 0 Å². The molecule has 0 unspecified atom stereocenters. The Morgan fingerprint density at radius 1 is 1.35 bits per heavy atom. The Balaban J connectivity index is 2.63. The fourth-order valence-corrected chi connectivity index (χ4v) is 2.88. The molecule has 1 amide bonds. The van der Waals surface area contributed by atoms with E-state index in [-0.39, 0.29) is 17.4 Å². The molecule has 1 aliphatic rings. The molecule has 0 spiro atoms. The molecular formula is C14H18BrNO. The zero-order valence-electron chi connectivity index (χ0n) is 10.7. The number of carbonyl (C=O) groups is 1. The summed E-state index contributed by atoms with van der Waals surface area (Å²) in [4.78, 5) is 14.1.